The van der Waals surface area contributed by atoms with Crippen LogP contribution in [0.5, 0.6) is 0 Å². The predicted molar refractivity (Wildman–Crippen MR) is 55.0 cm³/mol. The second-order valence-electron chi connectivity index (χ2n) is 3.09. The molecule has 5 heteroatoms. The van der Waals surface area contributed by atoms with Crippen LogP contribution in [0.15, 0.2) is 12.1 Å². The Labute approximate surface area is 91.4 Å². The maximum absolute atomic E-state index is 12.9. The smallest absolute Gasteiger partial charge is 0.125 e. The van der Waals surface area contributed by atoms with E-state index in [1.807, 2.05) is 0 Å². The van der Waals surface area contributed by atoms with Crippen LogP contribution >= 0.6 is 23.2 Å². The van der Waals surface area contributed by atoms with Crippen molar-refractivity contribution in [1.82, 2.24) is 0 Å². The summed E-state index contributed by atoms with van der Waals surface area (Å²) in [4.78, 5) is 0. The Morgan fingerprint density at radius 3 is 2.50 bits per heavy atom. The summed E-state index contributed by atoms with van der Waals surface area (Å²) in [6.07, 6.45) is -1.02. The normalized spacial score (nSPS) is 15.3. The molecule has 0 amide bonds. The first kappa shape index (κ1) is 11.7. The van der Waals surface area contributed by atoms with Gasteiger partial charge in [0.15, 0.2) is 0 Å². The average molecular weight is 238 g/mol. The number of aliphatic hydroxyl groups is 1. The highest BCUT2D eigenvalue weighted by molar-refractivity contribution is 6.42. The lowest BCUT2D eigenvalue weighted by Gasteiger charge is -2.16. The summed E-state index contributed by atoms with van der Waals surface area (Å²) in [5.41, 5.74) is 5.68. The molecule has 0 aliphatic heterocycles. The Kier molecular flexibility index (Phi) is 3.72. The molecule has 1 aromatic rings. The lowest BCUT2D eigenvalue weighted by molar-refractivity contribution is 0.153. The van der Waals surface area contributed by atoms with Crippen LogP contribution in [0.25, 0.3) is 0 Å². The summed E-state index contributed by atoms with van der Waals surface area (Å²) in [6, 6.07) is 1.68. The van der Waals surface area contributed by atoms with E-state index in [0.29, 0.717) is 0 Å². The van der Waals surface area contributed by atoms with Crippen molar-refractivity contribution in [2.75, 3.05) is 0 Å². The van der Waals surface area contributed by atoms with E-state index >= 15 is 0 Å². The quantitative estimate of drug-likeness (QED) is 0.777. The Morgan fingerprint density at radius 1 is 1.43 bits per heavy atom. The Bertz CT molecular complexity index is 344. The van der Waals surface area contributed by atoms with Gasteiger partial charge in [0, 0.05) is 11.6 Å². The number of benzene rings is 1. The van der Waals surface area contributed by atoms with Crippen molar-refractivity contribution in [2.24, 2.45) is 5.73 Å². The summed E-state index contributed by atoms with van der Waals surface area (Å²) in [5, 5.41) is 9.80. The van der Waals surface area contributed by atoms with Crippen molar-refractivity contribution < 1.29 is 9.50 Å². The molecule has 1 rings (SSSR count). The first-order valence-electron chi connectivity index (χ1n) is 4.01. The van der Waals surface area contributed by atoms with E-state index in [1.54, 1.807) is 6.92 Å². The molecule has 0 aliphatic rings. The van der Waals surface area contributed by atoms with E-state index in [0.717, 1.165) is 12.1 Å². The summed E-state index contributed by atoms with van der Waals surface area (Å²) < 4.78 is 12.9. The number of aliphatic hydroxyl groups excluding tert-OH is 1. The average Bonchev–Trinajstić information content (AvgIpc) is 2.09. The van der Waals surface area contributed by atoms with Crippen molar-refractivity contribution >= 4 is 23.2 Å². The molecular weight excluding hydrogens is 228 g/mol. The van der Waals surface area contributed by atoms with Crippen molar-refractivity contribution in [3.8, 4) is 0 Å². The number of hydrogen-bond acceptors (Lipinski definition) is 2. The Morgan fingerprint density at radius 2 is 2.00 bits per heavy atom. The minimum absolute atomic E-state index is 0.0707. The third-order valence-electron chi connectivity index (χ3n) is 1.84. The molecule has 0 aromatic heterocycles. The SMILES string of the molecule is C[C@@H](N)[C@@H](O)c1cc(F)cc(Cl)c1Cl. The minimum Gasteiger partial charge on any atom is -0.387 e. The summed E-state index contributed by atoms with van der Waals surface area (Å²) in [6.45, 7) is 1.60. The molecule has 0 aliphatic carbocycles. The van der Waals surface area contributed by atoms with Crippen molar-refractivity contribution in [3.05, 3.63) is 33.6 Å². The van der Waals surface area contributed by atoms with Gasteiger partial charge >= 0.3 is 0 Å². The molecule has 0 saturated carbocycles. The lowest BCUT2D eigenvalue weighted by atomic mass is 10.0. The van der Waals surface area contributed by atoms with Gasteiger partial charge in [0.1, 0.15) is 5.82 Å². The van der Waals surface area contributed by atoms with Crippen molar-refractivity contribution in [1.29, 1.82) is 0 Å². The van der Waals surface area contributed by atoms with Gasteiger partial charge in [-0.15, -0.1) is 0 Å². The van der Waals surface area contributed by atoms with Gasteiger partial charge in [0.2, 0.25) is 0 Å². The van der Waals surface area contributed by atoms with Crippen LogP contribution in [0.3, 0.4) is 0 Å². The predicted octanol–water partition coefficient (Wildman–Crippen LogP) is 2.51. The van der Waals surface area contributed by atoms with E-state index in [2.05, 4.69) is 0 Å². The van der Waals surface area contributed by atoms with E-state index in [4.69, 9.17) is 28.9 Å². The molecule has 1 aromatic carbocycles. The van der Waals surface area contributed by atoms with Gasteiger partial charge in [-0.05, 0) is 19.1 Å². The Balaban J connectivity index is 3.20. The fourth-order valence-electron chi connectivity index (χ4n) is 1.07. The number of nitrogens with two attached hydrogens (primary N) is 1. The highest BCUT2D eigenvalue weighted by atomic mass is 35.5. The second-order valence-corrected chi connectivity index (χ2v) is 3.88. The monoisotopic (exact) mass is 237 g/mol. The summed E-state index contributed by atoms with van der Waals surface area (Å²) in [5.74, 6) is -0.547. The largest absolute Gasteiger partial charge is 0.387 e. The van der Waals surface area contributed by atoms with Crippen LogP contribution in [-0.4, -0.2) is 11.1 Å². The number of rotatable bonds is 2. The zero-order valence-corrected chi connectivity index (χ0v) is 8.98. The number of hydrogen-bond donors (Lipinski definition) is 2. The van der Waals surface area contributed by atoms with Gasteiger partial charge in [0.25, 0.3) is 0 Å². The second kappa shape index (κ2) is 4.45. The molecule has 14 heavy (non-hydrogen) atoms. The van der Waals surface area contributed by atoms with Gasteiger partial charge in [-0.3, -0.25) is 0 Å². The zero-order valence-electron chi connectivity index (χ0n) is 7.47. The molecule has 0 fully saturated rings. The van der Waals surface area contributed by atoms with Crippen molar-refractivity contribution in [2.45, 2.75) is 19.1 Å². The van der Waals surface area contributed by atoms with Gasteiger partial charge in [-0.1, -0.05) is 23.2 Å². The van der Waals surface area contributed by atoms with Crippen LogP contribution in [-0.2, 0) is 0 Å². The van der Waals surface area contributed by atoms with Crippen molar-refractivity contribution in [3.63, 3.8) is 0 Å². The van der Waals surface area contributed by atoms with Crippen LogP contribution < -0.4 is 5.73 Å². The van der Waals surface area contributed by atoms with Crippen LogP contribution in [0.1, 0.15) is 18.6 Å². The molecule has 0 bridgehead atoms. The van der Waals surface area contributed by atoms with Gasteiger partial charge in [-0.25, -0.2) is 4.39 Å². The van der Waals surface area contributed by atoms with E-state index in [9.17, 15) is 9.50 Å². The Hall–Kier alpha value is -0.350. The molecule has 78 valence electrons. The summed E-state index contributed by atoms with van der Waals surface area (Å²) >= 11 is 11.4. The maximum atomic E-state index is 12.9. The maximum Gasteiger partial charge on any atom is 0.125 e. The standard InChI is InChI=1S/C9H10Cl2FNO/c1-4(13)9(14)6-2-5(12)3-7(10)8(6)11/h2-4,9,14H,13H2,1H3/t4-,9-/m1/s1. The topological polar surface area (TPSA) is 46.2 Å². The van der Waals surface area contributed by atoms with Gasteiger partial charge in [0.05, 0.1) is 16.1 Å². The van der Waals surface area contributed by atoms with Crippen LogP contribution in [0, 0.1) is 5.82 Å². The first-order valence-corrected chi connectivity index (χ1v) is 4.77. The summed E-state index contributed by atoms with van der Waals surface area (Å²) in [7, 11) is 0. The third kappa shape index (κ3) is 2.36. The van der Waals surface area contributed by atoms with Gasteiger partial charge < -0.3 is 10.8 Å². The van der Waals surface area contributed by atoms with E-state index in [-0.39, 0.29) is 15.6 Å². The molecule has 0 unspecified atom stereocenters. The molecule has 0 saturated heterocycles. The molecule has 0 heterocycles. The molecule has 0 spiro atoms. The fourth-order valence-corrected chi connectivity index (χ4v) is 1.51. The molecule has 0 radical (unpaired) electrons. The molecule has 2 nitrogen and oxygen atoms in total. The molecule has 2 atom stereocenters. The minimum atomic E-state index is -1.02. The van der Waals surface area contributed by atoms with E-state index < -0.39 is 18.0 Å². The van der Waals surface area contributed by atoms with Gasteiger partial charge in [-0.2, -0.15) is 0 Å². The number of halogens is 3. The van der Waals surface area contributed by atoms with E-state index in [1.165, 1.54) is 0 Å². The highest BCUT2D eigenvalue weighted by Crippen LogP contribution is 2.32. The zero-order chi connectivity index (χ0) is 10.9. The third-order valence-corrected chi connectivity index (χ3v) is 2.65. The first-order chi connectivity index (χ1) is 6.43. The highest BCUT2D eigenvalue weighted by Gasteiger charge is 2.18. The molecule has 3 N–H and O–H groups in total. The fraction of sp³-hybridized carbons (Fsp3) is 0.333. The lowest BCUT2D eigenvalue weighted by Crippen LogP contribution is -2.24. The van der Waals surface area contributed by atoms with Crippen LogP contribution in [0.2, 0.25) is 10.0 Å². The van der Waals surface area contributed by atoms with Crippen LogP contribution in [0.4, 0.5) is 4.39 Å². The molecular formula is C9H10Cl2FNO.